The molecular weight excluding hydrogens is 284 g/mol. The van der Waals surface area contributed by atoms with Crippen molar-refractivity contribution in [1.29, 1.82) is 0 Å². The Hall–Kier alpha value is -0.920. The molecule has 3 rings (SSSR count). The van der Waals surface area contributed by atoms with Gasteiger partial charge in [-0.2, -0.15) is 4.31 Å². The van der Waals surface area contributed by atoms with E-state index in [9.17, 15) is 13.2 Å². The van der Waals surface area contributed by atoms with Gasteiger partial charge < -0.3 is 5.32 Å². The van der Waals surface area contributed by atoms with Crippen molar-refractivity contribution in [1.82, 2.24) is 9.62 Å². The van der Waals surface area contributed by atoms with Gasteiger partial charge in [0.25, 0.3) is 0 Å². The highest BCUT2D eigenvalue weighted by atomic mass is 32.2. The SMILES string of the molecule is O=C(NCc1cccs1)C1CN(S(=O)(=O)C2CC2)C1. The number of sulfonamides is 1. The van der Waals surface area contributed by atoms with E-state index in [1.807, 2.05) is 17.5 Å². The first-order valence-corrected chi connectivity index (χ1v) is 8.75. The Bertz CT molecular complexity index is 558. The summed E-state index contributed by atoms with van der Waals surface area (Å²) in [6, 6.07) is 3.91. The highest BCUT2D eigenvalue weighted by Crippen LogP contribution is 2.34. The van der Waals surface area contributed by atoms with Crippen LogP contribution in [-0.2, 0) is 21.4 Å². The van der Waals surface area contributed by atoms with Crippen molar-refractivity contribution in [3.63, 3.8) is 0 Å². The van der Waals surface area contributed by atoms with Crippen molar-refractivity contribution >= 4 is 27.3 Å². The Morgan fingerprint density at radius 2 is 2.16 bits per heavy atom. The minimum atomic E-state index is -3.10. The number of hydrogen-bond donors (Lipinski definition) is 1. The van der Waals surface area contributed by atoms with Gasteiger partial charge >= 0.3 is 0 Å². The maximum Gasteiger partial charge on any atom is 0.226 e. The molecule has 7 heteroatoms. The van der Waals surface area contributed by atoms with Crippen molar-refractivity contribution in [2.45, 2.75) is 24.6 Å². The number of carbonyl (C=O) groups is 1. The van der Waals surface area contributed by atoms with Gasteiger partial charge in [0.2, 0.25) is 15.9 Å². The van der Waals surface area contributed by atoms with Crippen LogP contribution < -0.4 is 5.32 Å². The van der Waals surface area contributed by atoms with Crippen molar-refractivity contribution in [3.8, 4) is 0 Å². The summed E-state index contributed by atoms with van der Waals surface area (Å²) >= 11 is 1.60. The molecule has 2 heterocycles. The molecule has 1 aromatic rings. The number of nitrogens with one attached hydrogen (secondary N) is 1. The summed E-state index contributed by atoms with van der Waals surface area (Å²) in [6.45, 7) is 1.21. The van der Waals surface area contributed by atoms with Crippen molar-refractivity contribution in [2.24, 2.45) is 5.92 Å². The molecule has 2 fully saturated rings. The largest absolute Gasteiger partial charge is 0.351 e. The summed E-state index contributed by atoms with van der Waals surface area (Å²) in [7, 11) is -3.10. The molecule has 0 bridgehead atoms. The number of carbonyl (C=O) groups excluding carboxylic acids is 1. The van der Waals surface area contributed by atoms with Crippen LogP contribution in [0.1, 0.15) is 17.7 Å². The lowest BCUT2D eigenvalue weighted by Gasteiger charge is -2.37. The van der Waals surface area contributed by atoms with E-state index in [1.54, 1.807) is 11.3 Å². The van der Waals surface area contributed by atoms with Gasteiger partial charge in [0.1, 0.15) is 0 Å². The van der Waals surface area contributed by atoms with E-state index in [4.69, 9.17) is 0 Å². The van der Waals surface area contributed by atoms with Crippen LogP contribution in [0, 0.1) is 5.92 Å². The van der Waals surface area contributed by atoms with E-state index in [-0.39, 0.29) is 17.1 Å². The molecule has 0 atom stereocenters. The second-order valence-corrected chi connectivity index (χ2v) is 8.30. The molecule has 1 amide bonds. The molecule has 0 unspecified atom stereocenters. The number of thiophene rings is 1. The number of rotatable bonds is 5. The maximum atomic E-state index is 11.9. The van der Waals surface area contributed by atoms with Crippen molar-refractivity contribution in [3.05, 3.63) is 22.4 Å². The molecule has 2 aliphatic rings. The molecule has 104 valence electrons. The number of hydrogen-bond acceptors (Lipinski definition) is 4. The maximum absolute atomic E-state index is 11.9. The van der Waals surface area contributed by atoms with Crippen LogP contribution in [0.4, 0.5) is 0 Å². The standard InChI is InChI=1S/C12H16N2O3S2/c15-12(13-6-10-2-1-5-18-10)9-7-14(8-9)19(16,17)11-3-4-11/h1-2,5,9,11H,3-4,6-8H2,(H,13,15). The van der Waals surface area contributed by atoms with E-state index < -0.39 is 10.0 Å². The third-order valence-electron chi connectivity index (χ3n) is 3.54. The Morgan fingerprint density at radius 3 is 2.74 bits per heavy atom. The van der Waals surface area contributed by atoms with E-state index in [1.165, 1.54) is 4.31 Å². The molecule has 1 N–H and O–H groups in total. The second-order valence-electron chi connectivity index (χ2n) is 5.06. The van der Waals surface area contributed by atoms with Gasteiger partial charge in [-0.3, -0.25) is 4.79 Å². The van der Waals surface area contributed by atoms with Crippen molar-refractivity contribution < 1.29 is 13.2 Å². The average Bonchev–Trinajstić information content (AvgIpc) is 3.03. The first-order valence-electron chi connectivity index (χ1n) is 6.36. The summed E-state index contributed by atoms with van der Waals surface area (Å²) in [6.07, 6.45) is 1.54. The number of amides is 1. The normalized spacial score (nSPS) is 21.1. The zero-order valence-electron chi connectivity index (χ0n) is 10.4. The fraction of sp³-hybridized carbons (Fsp3) is 0.583. The quantitative estimate of drug-likeness (QED) is 0.874. The molecule has 1 aliphatic heterocycles. The minimum Gasteiger partial charge on any atom is -0.351 e. The number of nitrogens with zero attached hydrogens (tertiary/aromatic N) is 1. The Morgan fingerprint density at radius 1 is 1.42 bits per heavy atom. The summed E-state index contributed by atoms with van der Waals surface area (Å²) in [5, 5.41) is 4.64. The van der Waals surface area contributed by atoms with Crippen LogP contribution in [0.3, 0.4) is 0 Å². The molecule has 5 nitrogen and oxygen atoms in total. The second kappa shape index (κ2) is 4.88. The van der Waals surface area contributed by atoms with Gasteiger partial charge in [-0.25, -0.2) is 8.42 Å². The fourth-order valence-electron chi connectivity index (χ4n) is 2.12. The van der Waals surface area contributed by atoms with Gasteiger partial charge in [-0.15, -0.1) is 11.3 Å². The lowest BCUT2D eigenvalue weighted by atomic mass is 10.0. The molecular formula is C12H16N2O3S2. The lowest BCUT2D eigenvalue weighted by molar-refractivity contribution is -0.128. The highest BCUT2D eigenvalue weighted by Gasteiger charge is 2.46. The van der Waals surface area contributed by atoms with Crippen LogP contribution in [0.15, 0.2) is 17.5 Å². The summed E-state index contributed by atoms with van der Waals surface area (Å²) < 4.78 is 25.2. The Kier molecular flexibility index (Phi) is 3.36. The average molecular weight is 300 g/mol. The minimum absolute atomic E-state index is 0.0457. The molecule has 1 aromatic heterocycles. The molecule has 19 heavy (non-hydrogen) atoms. The van der Waals surface area contributed by atoms with Crippen LogP contribution in [0.2, 0.25) is 0 Å². The lowest BCUT2D eigenvalue weighted by Crippen LogP contribution is -2.56. The van der Waals surface area contributed by atoms with Gasteiger partial charge in [-0.05, 0) is 24.3 Å². The predicted molar refractivity (Wildman–Crippen MR) is 73.2 cm³/mol. The van der Waals surface area contributed by atoms with E-state index in [2.05, 4.69) is 5.32 Å². The molecule has 0 spiro atoms. The van der Waals surface area contributed by atoms with Crippen LogP contribution >= 0.6 is 11.3 Å². The zero-order valence-corrected chi connectivity index (χ0v) is 12.0. The van der Waals surface area contributed by atoms with Gasteiger partial charge in [0.15, 0.2) is 0 Å². The zero-order chi connectivity index (χ0) is 13.5. The van der Waals surface area contributed by atoms with E-state index in [0.29, 0.717) is 19.6 Å². The molecule has 1 saturated carbocycles. The van der Waals surface area contributed by atoms with Crippen molar-refractivity contribution in [2.75, 3.05) is 13.1 Å². The van der Waals surface area contributed by atoms with Gasteiger partial charge in [0, 0.05) is 18.0 Å². The molecule has 0 radical (unpaired) electrons. The summed E-state index contributed by atoms with van der Waals surface area (Å²) in [5.41, 5.74) is 0. The van der Waals surface area contributed by atoms with E-state index in [0.717, 1.165) is 17.7 Å². The molecule has 1 aliphatic carbocycles. The summed E-state index contributed by atoms with van der Waals surface area (Å²) in [5.74, 6) is -0.232. The first-order chi connectivity index (χ1) is 9.07. The monoisotopic (exact) mass is 300 g/mol. The van der Waals surface area contributed by atoms with Crippen LogP contribution in [0.5, 0.6) is 0 Å². The van der Waals surface area contributed by atoms with Gasteiger partial charge in [0.05, 0.1) is 17.7 Å². The van der Waals surface area contributed by atoms with E-state index >= 15 is 0 Å². The fourth-order valence-corrected chi connectivity index (χ4v) is 4.69. The third kappa shape index (κ3) is 2.68. The molecule has 1 saturated heterocycles. The topological polar surface area (TPSA) is 66.5 Å². The predicted octanol–water partition coefficient (Wildman–Crippen LogP) is 0.788. The van der Waals surface area contributed by atoms with Crippen LogP contribution in [-0.4, -0.2) is 37.0 Å². The summed E-state index contributed by atoms with van der Waals surface area (Å²) in [4.78, 5) is 13.0. The highest BCUT2D eigenvalue weighted by molar-refractivity contribution is 7.90. The third-order valence-corrected chi connectivity index (χ3v) is 6.75. The Balaban J connectivity index is 1.46. The first kappa shape index (κ1) is 13.1. The molecule has 0 aromatic carbocycles. The van der Waals surface area contributed by atoms with Gasteiger partial charge in [-0.1, -0.05) is 6.07 Å². The van der Waals surface area contributed by atoms with Crippen LogP contribution in [0.25, 0.3) is 0 Å². The Labute approximate surface area is 116 Å². The smallest absolute Gasteiger partial charge is 0.226 e.